The van der Waals surface area contributed by atoms with E-state index in [-0.39, 0.29) is 0 Å². The third kappa shape index (κ3) is 2.38. The molecule has 0 bridgehead atoms. The number of anilines is 1. The van der Waals surface area contributed by atoms with Crippen LogP contribution in [0.2, 0.25) is 0 Å². The zero-order valence-electron chi connectivity index (χ0n) is 8.20. The summed E-state index contributed by atoms with van der Waals surface area (Å²) in [6, 6.07) is 0. The third-order valence-electron chi connectivity index (χ3n) is 1.65. The van der Waals surface area contributed by atoms with Crippen molar-refractivity contribution in [3.8, 4) is 5.75 Å². The first-order valence-electron chi connectivity index (χ1n) is 4.39. The number of ether oxygens (including phenoxy) is 2. The Kier molecular flexibility index (Phi) is 3.76. The topological polar surface area (TPSA) is 61.5 Å². The molecule has 1 aromatic heterocycles. The molecular weight excluding hydrogens is 202 g/mol. The predicted molar refractivity (Wildman–Crippen MR) is 55.8 cm³/mol. The Labute approximate surface area is 86.6 Å². The van der Waals surface area contributed by atoms with E-state index in [4.69, 9.17) is 10.5 Å². The number of nitrogens with two attached hydrogens (primary N) is 1. The van der Waals surface area contributed by atoms with Crippen molar-refractivity contribution in [1.82, 2.24) is 0 Å². The molecule has 0 unspecified atom stereocenters. The Morgan fingerprint density at radius 1 is 1.57 bits per heavy atom. The summed E-state index contributed by atoms with van der Waals surface area (Å²) < 4.78 is 9.52. The zero-order valence-corrected chi connectivity index (χ0v) is 9.02. The van der Waals surface area contributed by atoms with Crippen molar-refractivity contribution in [1.29, 1.82) is 0 Å². The molecule has 0 radical (unpaired) electrons. The third-order valence-corrected chi connectivity index (χ3v) is 2.78. The fourth-order valence-electron chi connectivity index (χ4n) is 0.979. The van der Waals surface area contributed by atoms with Gasteiger partial charge in [-0.3, -0.25) is 0 Å². The van der Waals surface area contributed by atoms with E-state index in [9.17, 15) is 4.79 Å². The largest absolute Gasteiger partial charge is 0.513 e. The molecule has 0 aliphatic heterocycles. The minimum atomic E-state index is -0.709. The molecule has 0 aliphatic rings. The van der Waals surface area contributed by atoms with Crippen molar-refractivity contribution in [2.75, 3.05) is 12.3 Å². The van der Waals surface area contributed by atoms with E-state index >= 15 is 0 Å². The summed E-state index contributed by atoms with van der Waals surface area (Å²) in [7, 11) is 0. The maximum Gasteiger partial charge on any atom is 0.513 e. The van der Waals surface area contributed by atoms with Gasteiger partial charge in [0.25, 0.3) is 0 Å². The van der Waals surface area contributed by atoms with Crippen molar-refractivity contribution in [3.05, 3.63) is 10.3 Å². The maximum absolute atomic E-state index is 11.0. The van der Waals surface area contributed by atoms with E-state index in [2.05, 4.69) is 4.74 Å². The summed E-state index contributed by atoms with van der Waals surface area (Å²) in [5, 5.41) is 1.71. The maximum atomic E-state index is 11.0. The fourth-order valence-corrected chi connectivity index (χ4v) is 1.80. The molecule has 1 heterocycles. The van der Waals surface area contributed by atoms with E-state index < -0.39 is 6.16 Å². The minimum absolute atomic E-state index is 0.295. The van der Waals surface area contributed by atoms with Crippen LogP contribution in [0.1, 0.15) is 18.7 Å². The average molecular weight is 215 g/mol. The van der Waals surface area contributed by atoms with Crippen LogP contribution in [0.15, 0.2) is 5.38 Å². The van der Waals surface area contributed by atoms with Crippen LogP contribution in [0, 0.1) is 0 Å². The fraction of sp³-hybridized carbons (Fsp3) is 0.444. The molecule has 4 nitrogen and oxygen atoms in total. The van der Waals surface area contributed by atoms with Crippen LogP contribution in [0.4, 0.5) is 10.5 Å². The lowest BCUT2D eigenvalue weighted by atomic mass is 10.3. The summed E-state index contributed by atoms with van der Waals surface area (Å²) in [6.45, 7) is 4.01. The molecule has 0 fully saturated rings. The second-order valence-corrected chi connectivity index (χ2v) is 3.54. The molecule has 0 atom stereocenters. The Morgan fingerprint density at radius 3 is 2.79 bits per heavy atom. The minimum Gasteiger partial charge on any atom is -0.434 e. The van der Waals surface area contributed by atoms with Crippen molar-refractivity contribution < 1.29 is 14.3 Å². The SMILES string of the molecule is CCOC(=O)Oc1csc(CC)c1N. The molecule has 1 rings (SSSR count). The lowest BCUT2D eigenvalue weighted by molar-refractivity contribution is 0.104. The van der Waals surface area contributed by atoms with Gasteiger partial charge in [0, 0.05) is 10.3 Å². The lowest BCUT2D eigenvalue weighted by Gasteiger charge is -2.02. The van der Waals surface area contributed by atoms with Gasteiger partial charge < -0.3 is 15.2 Å². The Morgan fingerprint density at radius 2 is 2.29 bits per heavy atom. The van der Waals surface area contributed by atoms with E-state index in [0.717, 1.165) is 11.3 Å². The normalized spacial score (nSPS) is 9.86. The molecular formula is C9H13NO3S. The quantitative estimate of drug-likeness (QED) is 0.786. The molecule has 5 heteroatoms. The van der Waals surface area contributed by atoms with Gasteiger partial charge in [-0.15, -0.1) is 11.3 Å². The van der Waals surface area contributed by atoms with Crippen molar-refractivity contribution in [3.63, 3.8) is 0 Å². The van der Waals surface area contributed by atoms with Crippen LogP contribution in [0.3, 0.4) is 0 Å². The molecule has 0 amide bonds. The van der Waals surface area contributed by atoms with E-state index in [0.29, 0.717) is 18.0 Å². The van der Waals surface area contributed by atoms with Gasteiger partial charge >= 0.3 is 6.16 Å². The van der Waals surface area contributed by atoms with Crippen LogP contribution in [-0.2, 0) is 11.2 Å². The molecule has 0 saturated carbocycles. The summed E-state index contributed by atoms with van der Waals surface area (Å²) in [5.41, 5.74) is 6.27. The first kappa shape index (κ1) is 10.8. The molecule has 0 aromatic carbocycles. The van der Waals surface area contributed by atoms with Crippen molar-refractivity contribution >= 4 is 23.2 Å². The van der Waals surface area contributed by atoms with Gasteiger partial charge in [0.15, 0.2) is 5.75 Å². The molecule has 14 heavy (non-hydrogen) atoms. The van der Waals surface area contributed by atoms with E-state index in [1.165, 1.54) is 11.3 Å². The van der Waals surface area contributed by atoms with Crippen LogP contribution in [0.25, 0.3) is 0 Å². The first-order chi connectivity index (χ1) is 6.69. The second-order valence-electron chi connectivity index (χ2n) is 2.58. The van der Waals surface area contributed by atoms with Crippen LogP contribution < -0.4 is 10.5 Å². The van der Waals surface area contributed by atoms with E-state index in [1.807, 2.05) is 6.92 Å². The van der Waals surface area contributed by atoms with Gasteiger partial charge in [0.1, 0.15) is 0 Å². The van der Waals surface area contributed by atoms with Crippen LogP contribution in [-0.4, -0.2) is 12.8 Å². The molecule has 1 aromatic rings. The van der Waals surface area contributed by atoms with Gasteiger partial charge in [-0.1, -0.05) is 6.92 Å². The number of hydrogen-bond donors (Lipinski definition) is 1. The van der Waals surface area contributed by atoms with Gasteiger partial charge in [-0.25, -0.2) is 4.79 Å². The number of thiophene rings is 1. The molecule has 0 aliphatic carbocycles. The molecule has 78 valence electrons. The van der Waals surface area contributed by atoms with E-state index in [1.54, 1.807) is 12.3 Å². The van der Waals surface area contributed by atoms with Crippen LogP contribution >= 0.6 is 11.3 Å². The summed E-state index contributed by atoms with van der Waals surface area (Å²) in [4.78, 5) is 12.0. The van der Waals surface area contributed by atoms with Crippen molar-refractivity contribution in [2.45, 2.75) is 20.3 Å². The lowest BCUT2D eigenvalue weighted by Crippen LogP contribution is -2.10. The highest BCUT2D eigenvalue weighted by atomic mass is 32.1. The first-order valence-corrected chi connectivity index (χ1v) is 5.27. The molecule has 2 N–H and O–H groups in total. The summed E-state index contributed by atoms with van der Waals surface area (Å²) >= 11 is 1.48. The average Bonchev–Trinajstić information content (AvgIpc) is 2.48. The Hall–Kier alpha value is -1.23. The number of rotatable bonds is 3. The number of carbonyl (C=O) groups is 1. The van der Waals surface area contributed by atoms with Crippen molar-refractivity contribution in [2.24, 2.45) is 0 Å². The predicted octanol–water partition coefficient (Wildman–Crippen LogP) is 2.43. The van der Waals surface area contributed by atoms with Gasteiger partial charge in [-0.2, -0.15) is 0 Å². The monoisotopic (exact) mass is 215 g/mol. The molecule has 0 spiro atoms. The highest BCUT2D eigenvalue weighted by Crippen LogP contribution is 2.32. The number of aryl methyl sites for hydroxylation is 1. The molecule has 0 saturated heterocycles. The number of hydrogen-bond acceptors (Lipinski definition) is 5. The Bertz CT molecular complexity index is 322. The highest BCUT2D eigenvalue weighted by molar-refractivity contribution is 7.10. The van der Waals surface area contributed by atoms with Crippen LogP contribution in [0.5, 0.6) is 5.75 Å². The second kappa shape index (κ2) is 4.85. The summed E-state index contributed by atoms with van der Waals surface area (Å²) in [6.07, 6.45) is 0.127. The summed E-state index contributed by atoms with van der Waals surface area (Å²) in [5.74, 6) is 0.394. The van der Waals surface area contributed by atoms with Gasteiger partial charge in [0.2, 0.25) is 0 Å². The zero-order chi connectivity index (χ0) is 10.6. The smallest absolute Gasteiger partial charge is 0.434 e. The Balaban J connectivity index is 2.67. The van der Waals surface area contributed by atoms with Gasteiger partial charge in [0.05, 0.1) is 12.3 Å². The highest BCUT2D eigenvalue weighted by Gasteiger charge is 2.12. The number of nitrogen functional groups attached to an aromatic ring is 1. The van der Waals surface area contributed by atoms with Gasteiger partial charge in [-0.05, 0) is 13.3 Å². The number of carbonyl (C=O) groups excluding carboxylic acids is 1. The standard InChI is InChI=1S/C9H13NO3S/c1-3-7-8(10)6(5-14-7)13-9(11)12-4-2/h5H,3-4,10H2,1-2H3.